The number of hydrogen-bond acceptors (Lipinski definition) is 11. The Kier molecular flexibility index (Phi) is 4.98. The summed E-state index contributed by atoms with van der Waals surface area (Å²) in [5.41, 5.74) is -0.422. The summed E-state index contributed by atoms with van der Waals surface area (Å²) >= 11 is 0. The van der Waals surface area contributed by atoms with Crippen molar-refractivity contribution < 1.29 is 55.1 Å². The van der Waals surface area contributed by atoms with Crippen molar-refractivity contribution >= 4 is 5.97 Å². The molecule has 3 aromatic rings. The Morgan fingerprint density at radius 2 is 1.42 bits per heavy atom. The van der Waals surface area contributed by atoms with Crippen LogP contribution in [0.1, 0.15) is 21.5 Å². The van der Waals surface area contributed by atoms with E-state index < -0.39 is 58.8 Å². The van der Waals surface area contributed by atoms with Gasteiger partial charge in [-0.2, -0.15) is 0 Å². The normalized spacial score (nSPS) is 19.4. The maximum absolute atomic E-state index is 12.7. The van der Waals surface area contributed by atoms with Gasteiger partial charge in [0.15, 0.2) is 34.9 Å². The lowest BCUT2D eigenvalue weighted by Crippen LogP contribution is -2.51. The first-order chi connectivity index (χ1) is 15.5. The molecule has 0 saturated heterocycles. The first-order valence-corrected chi connectivity index (χ1v) is 9.44. The molecule has 0 fully saturated rings. The molecular formula is C22H18O11. The predicted octanol–water partition coefficient (Wildman–Crippen LogP) is 1.63. The zero-order valence-corrected chi connectivity index (χ0v) is 16.6. The summed E-state index contributed by atoms with van der Waals surface area (Å²) in [6.07, 6.45) is -1.95. The number of benzene rings is 3. The molecule has 1 heterocycles. The molecule has 172 valence electrons. The van der Waals surface area contributed by atoms with E-state index >= 15 is 0 Å². The van der Waals surface area contributed by atoms with E-state index in [0.29, 0.717) is 0 Å². The van der Waals surface area contributed by atoms with Crippen molar-refractivity contribution in [1.82, 2.24) is 0 Å². The molecule has 1 aliphatic rings. The highest BCUT2D eigenvalue weighted by Crippen LogP contribution is 2.49. The number of ether oxygens (including phenoxy) is 2. The highest BCUT2D eigenvalue weighted by molar-refractivity contribution is 5.91. The van der Waals surface area contributed by atoms with Gasteiger partial charge < -0.3 is 50.3 Å². The van der Waals surface area contributed by atoms with Crippen LogP contribution in [0.25, 0.3) is 0 Å². The maximum atomic E-state index is 12.7. The van der Waals surface area contributed by atoms with E-state index in [1.807, 2.05) is 0 Å². The standard InChI is InChI=1S/C22H18O11/c23-11-3-1-10(2-4-11)22(31)17(7-12-16(33-22)8-15(26)20(29)18(12)27)32-21(30)9-5-13(24)19(28)14(25)6-9/h1-6,8,17,23-29,31H,7H2/t17-,22-/m1/s1. The Morgan fingerprint density at radius 3 is 2.03 bits per heavy atom. The molecule has 0 bridgehead atoms. The van der Waals surface area contributed by atoms with Crippen LogP contribution in [0.3, 0.4) is 0 Å². The number of rotatable bonds is 3. The molecule has 0 spiro atoms. The van der Waals surface area contributed by atoms with Crippen molar-refractivity contribution in [2.24, 2.45) is 0 Å². The molecule has 0 saturated carbocycles. The van der Waals surface area contributed by atoms with Gasteiger partial charge in [0, 0.05) is 23.6 Å². The highest BCUT2D eigenvalue weighted by atomic mass is 16.7. The molecule has 0 radical (unpaired) electrons. The smallest absolute Gasteiger partial charge is 0.338 e. The van der Waals surface area contributed by atoms with E-state index in [-0.39, 0.29) is 28.2 Å². The van der Waals surface area contributed by atoms with Gasteiger partial charge >= 0.3 is 5.97 Å². The SMILES string of the molecule is O=C(O[C@@H]1Cc2c(cc(O)c(O)c2O)O[C@]1(O)c1ccc(O)cc1)c1cc(O)c(O)c(O)c1. The Balaban J connectivity index is 1.78. The fraction of sp³-hybridized carbons (Fsp3) is 0.136. The van der Waals surface area contributed by atoms with Crippen LogP contribution in [0.4, 0.5) is 0 Å². The largest absolute Gasteiger partial charge is 0.508 e. The van der Waals surface area contributed by atoms with Crippen LogP contribution in [0.15, 0.2) is 42.5 Å². The number of aliphatic hydroxyl groups is 1. The van der Waals surface area contributed by atoms with Crippen LogP contribution in [0.2, 0.25) is 0 Å². The lowest BCUT2D eigenvalue weighted by molar-refractivity contribution is -0.222. The molecule has 0 aromatic heterocycles. The molecule has 0 aliphatic carbocycles. The Labute approximate surface area is 185 Å². The minimum absolute atomic E-state index is 0.0344. The minimum Gasteiger partial charge on any atom is -0.508 e. The molecular weight excluding hydrogens is 440 g/mol. The van der Waals surface area contributed by atoms with E-state index in [1.165, 1.54) is 24.3 Å². The van der Waals surface area contributed by atoms with Gasteiger partial charge in [-0.15, -0.1) is 0 Å². The van der Waals surface area contributed by atoms with Crippen LogP contribution >= 0.6 is 0 Å². The molecule has 33 heavy (non-hydrogen) atoms. The Hall–Kier alpha value is -4.51. The molecule has 2 atom stereocenters. The van der Waals surface area contributed by atoms with Gasteiger partial charge in [0.1, 0.15) is 11.5 Å². The number of phenols is 7. The number of esters is 1. The molecule has 1 aliphatic heterocycles. The molecule has 0 amide bonds. The number of phenolic OH excluding ortho intramolecular Hbond substituents is 7. The molecule has 3 aromatic carbocycles. The minimum atomic E-state index is -2.38. The van der Waals surface area contributed by atoms with Gasteiger partial charge in [-0.1, -0.05) is 0 Å². The van der Waals surface area contributed by atoms with Crippen LogP contribution in [0, 0.1) is 0 Å². The second kappa shape index (κ2) is 7.57. The van der Waals surface area contributed by atoms with Gasteiger partial charge in [-0.25, -0.2) is 4.79 Å². The van der Waals surface area contributed by atoms with Crippen LogP contribution < -0.4 is 4.74 Å². The van der Waals surface area contributed by atoms with Crippen molar-refractivity contribution in [1.29, 1.82) is 0 Å². The number of aromatic hydroxyl groups is 7. The fourth-order valence-electron chi connectivity index (χ4n) is 3.49. The predicted molar refractivity (Wildman–Crippen MR) is 108 cm³/mol. The Morgan fingerprint density at radius 1 is 0.848 bits per heavy atom. The van der Waals surface area contributed by atoms with E-state index in [0.717, 1.165) is 18.2 Å². The van der Waals surface area contributed by atoms with Crippen molar-refractivity contribution in [2.45, 2.75) is 18.3 Å². The van der Waals surface area contributed by atoms with Crippen molar-refractivity contribution in [2.75, 3.05) is 0 Å². The molecule has 11 heteroatoms. The van der Waals surface area contributed by atoms with Crippen LogP contribution in [-0.4, -0.2) is 52.9 Å². The average molecular weight is 458 g/mol. The summed E-state index contributed by atoms with van der Waals surface area (Å²) in [6, 6.07) is 7.69. The fourth-order valence-corrected chi connectivity index (χ4v) is 3.49. The number of fused-ring (bicyclic) bond motifs is 1. The molecule has 8 N–H and O–H groups in total. The van der Waals surface area contributed by atoms with Crippen LogP contribution in [-0.2, 0) is 16.9 Å². The summed E-state index contributed by atoms with van der Waals surface area (Å²) < 4.78 is 11.0. The lowest BCUT2D eigenvalue weighted by Gasteiger charge is -2.40. The quantitative estimate of drug-likeness (QED) is 0.210. The molecule has 0 unspecified atom stereocenters. The molecule has 4 rings (SSSR count). The van der Waals surface area contributed by atoms with E-state index in [2.05, 4.69) is 0 Å². The first-order valence-electron chi connectivity index (χ1n) is 9.44. The number of carbonyl (C=O) groups is 1. The van der Waals surface area contributed by atoms with E-state index in [9.17, 15) is 45.6 Å². The first kappa shape index (κ1) is 21.7. The zero-order chi connectivity index (χ0) is 24.1. The summed E-state index contributed by atoms with van der Waals surface area (Å²) in [7, 11) is 0. The second-order valence-corrected chi connectivity index (χ2v) is 7.38. The summed E-state index contributed by atoms with van der Waals surface area (Å²) in [4.78, 5) is 12.7. The third-order valence-corrected chi connectivity index (χ3v) is 5.25. The summed E-state index contributed by atoms with van der Waals surface area (Å²) in [5, 5.41) is 79.6. The second-order valence-electron chi connectivity index (χ2n) is 7.38. The van der Waals surface area contributed by atoms with Gasteiger partial charge in [0.05, 0.1) is 5.56 Å². The molecule has 11 nitrogen and oxygen atoms in total. The Bertz CT molecular complexity index is 1230. The van der Waals surface area contributed by atoms with Gasteiger partial charge in [-0.05, 0) is 36.4 Å². The lowest BCUT2D eigenvalue weighted by atomic mass is 9.90. The third kappa shape index (κ3) is 3.59. The van der Waals surface area contributed by atoms with Gasteiger partial charge in [0.2, 0.25) is 5.75 Å². The summed E-state index contributed by atoms with van der Waals surface area (Å²) in [6.45, 7) is 0. The van der Waals surface area contributed by atoms with E-state index in [4.69, 9.17) is 9.47 Å². The third-order valence-electron chi connectivity index (χ3n) is 5.25. The van der Waals surface area contributed by atoms with Gasteiger partial charge in [0.25, 0.3) is 5.79 Å². The number of hydrogen-bond donors (Lipinski definition) is 8. The monoisotopic (exact) mass is 458 g/mol. The average Bonchev–Trinajstić information content (AvgIpc) is 2.77. The number of carbonyl (C=O) groups excluding carboxylic acids is 1. The van der Waals surface area contributed by atoms with Crippen molar-refractivity contribution in [3.05, 3.63) is 59.2 Å². The van der Waals surface area contributed by atoms with Crippen molar-refractivity contribution in [3.63, 3.8) is 0 Å². The van der Waals surface area contributed by atoms with Crippen molar-refractivity contribution in [3.8, 4) is 46.0 Å². The topological polar surface area (TPSA) is 197 Å². The maximum Gasteiger partial charge on any atom is 0.338 e. The van der Waals surface area contributed by atoms with E-state index in [1.54, 1.807) is 0 Å². The highest BCUT2D eigenvalue weighted by Gasteiger charge is 2.49. The van der Waals surface area contributed by atoms with Crippen LogP contribution in [0.5, 0.6) is 46.0 Å². The summed E-state index contributed by atoms with van der Waals surface area (Å²) in [5.74, 6) is -8.59. The zero-order valence-electron chi connectivity index (χ0n) is 16.6. The van der Waals surface area contributed by atoms with Gasteiger partial charge in [-0.3, -0.25) is 0 Å².